The van der Waals surface area contributed by atoms with Crippen molar-refractivity contribution >= 4 is 17.0 Å². The Morgan fingerprint density at radius 3 is 2.96 bits per heavy atom. The fraction of sp³-hybridized carbons (Fsp3) is 0.412. The summed E-state index contributed by atoms with van der Waals surface area (Å²) in [5, 5.41) is 0.377. The maximum atomic E-state index is 13.5. The van der Waals surface area contributed by atoms with E-state index in [0.29, 0.717) is 42.5 Å². The summed E-state index contributed by atoms with van der Waals surface area (Å²) in [5.74, 6) is -0.415. The maximum absolute atomic E-state index is 13.5. The highest BCUT2D eigenvalue weighted by atomic mass is 19.1. The molecule has 2 aliphatic rings. The molecule has 7 heteroatoms. The first-order chi connectivity index (χ1) is 11.5. The van der Waals surface area contributed by atoms with E-state index in [1.165, 1.54) is 12.1 Å². The summed E-state index contributed by atoms with van der Waals surface area (Å²) < 4.78 is 18.7. The van der Waals surface area contributed by atoms with E-state index in [0.717, 1.165) is 12.2 Å². The third-order valence-corrected chi connectivity index (χ3v) is 4.73. The minimum Gasteiger partial charge on any atom is -0.443 e. The minimum atomic E-state index is -0.415. The molecular formula is C17H18FN3O3. The number of nitrogens with zero attached hydrogens (tertiary/aromatic N) is 2. The summed E-state index contributed by atoms with van der Waals surface area (Å²) in [4.78, 5) is 31.1. The summed E-state index contributed by atoms with van der Waals surface area (Å²) in [6.45, 7) is 2.42. The van der Waals surface area contributed by atoms with Gasteiger partial charge in [-0.15, -0.1) is 0 Å². The molecule has 4 rings (SSSR count). The van der Waals surface area contributed by atoms with Gasteiger partial charge in [-0.3, -0.25) is 9.69 Å². The highest BCUT2D eigenvalue weighted by Crippen LogP contribution is 2.20. The second-order valence-corrected chi connectivity index (χ2v) is 6.47. The van der Waals surface area contributed by atoms with Crippen LogP contribution in [0.25, 0.3) is 10.9 Å². The van der Waals surface area contributed by atoms with Crippen LogP contribution in [0.15, 0.2) is 23.0 Å². The number of likely N-dealkylation sites (N-methyl/N-ethyl adjacent to an activating group) is 1. The molecule has 1 N–H and O–H groups in total. The molecule has 0 bridgehead atoms. The molecule has 1 amide bonds. The topological polar surface area (TPSA) is 65.6 Å². The molecule has 0 spiro atoms. The van der Waals surface area contributed by atoms with Gasteiger partial charge in [-0.1, -0.05) is 0 Å². The van der Waals surface area contributed by atoms with E-state index in [4.69, 9.17) is 4.74 Å². The number of ether oxygens (including phenoxy) is 1. The lowest BCUT2D eigenvalue weighted by Crippen LogP contribution is -2.40. The molecule has 1 unspecified atom stereocenters. The lowest BCUT2D eigenvalue weighted by molar-refractivity contribution is 0.102. The largest absolute Gasteiger partial charge is 0.443 e. The predicted molar refractivity (Wildman–Crippen MR) is 86.4 cm³/mol. The zero-order valence-corrected chi connectivity index (χ0v) is 13.3. The van der Waals surface area contributed by atoms with Crippen molar-refractivity contribution in [3.63, 3.8) is 0 Å². The van der Waals surface area contributed by atoms with E-state index in [2.05, 4.69) is 9.88 Å². The number of aromatic nitrogens is 1. The number of carbonyl (C=O) groups excluding carboxylic acids is 1. The van der Waals surface area contributed by atoms with Crippen LogP contribution in [0.5, 0.6) is 0 Å². The lowest BCUT2D eigenvalue weighted by Gasteiger charge is -2.29. The number of cyclic esters (lactones) is 1. The minimum absolute atomic E-state index is 0.122. The Hall–Kier alpha value is -2.41. The molecular weight excluding hydrogens is 313 g/mol. The van der Waals surface area contributed by atoms with Gasteiger partial charge in [0.2, 0.25) is 0 Å². The number of rotatable bonds is 2. The van der Waals surface area contributed by atoms with Crippen LogP contribution < -0.4 is 5.43 Å². The van der Waals surface area contributed by atoms with Crippen molar-refractivity contribution in [1.29, 1.82) is 0 Å². The fourth-order valence-electron chi connectivity index (χ4n) is 3.49. The smallest absolute Gasteiger partial charge is 0.410 e. The van der Waals surface area contributed by atoms with Gasteiger partial charge >= 0.3 is 6.09 Å². The number of fused-ring (bicyclic) bond motifs is 2. The number of H-pyrrole nitrogens is 1. The first-order valence-electron chi connectivity index (χ1n) is 7.98. The zero-order valence-electron chi connectivity index (χ0n) is 13.3. The highest BCUT2D eigenvalue weighted by molar-refractivity contribution is 5.79. The highest BCUT2D eigenvalue weighted by Gasteiger charge is 2.31. The first-order valence-corrected chi connectivity index (χ1v) is 7.98. The second-order valence-electron chi connectivity index (χ2n) is 6.47. The number of amides is 1. The summed E-state index contributed by atoms with van der Waals surface area (Å²) in [6.07, 6.45) is 0.228. The van der Waals surface area contributed by atoms with Crippen molar-refractivity contribution in [1.82, 2.24) is 14.8 Å². The SMILES string of the molecule is CN1CC(CN2CCc3[nH]c4ccc(F)cc4c(=O)c3C2)OC1=O. The molecule has 6 nitrogen and oxygen atoms in total. The summed E-state index contributed by atoms with van der Waals surface area (Å²) in [5.41, 5.74) is 2.14. The number of hydrogen-bond donors (Lipinski definition) is 1. The molecule has 2 aromatic rings. The van der Waals surface area contributed by atoms with Gasteiger partial charge in [0.05, 0.1) is 6.54 Å². The average Bonchev–Trinajstić information content (AvgIpc) is 2.87. The number of nitrogens with one attached hydrogen (secondary N) is 1. The van der Waals surface area contributed by atoms with Gasteiger partial charge < -0.3 is 14.6 Å². The van der Waals surface area contributed by atoms with E-state index in [9.17, 15) is 14.0 Å². The van der Waals surface area contributed by atoms with Crippen molar-refractivity contribution in [3.05, 3.63) is 45.5 Å². The van der Waals surface area contributed by atoms with E-state index in [1.807, 2.05) is 0 Å². The quantitative estimate of drug-likeness (QED) is 0.905. The Bertz CT molecular complexity index is 879. The van der Waals surface area contributed by atoms with Crippen LogP contribution in [0.2, 0.25) is 0 Å². The molecule has 3 heterocycles. The van der Waals surface area contributed by atoms with Gasteiger partial charge in [0.15, 0.2) is 5.43 Å². The molecule has 1 fully saturated rings. The van der Waals surface area contributed by atoms with E-state index in [-0.39, 0.29) is 17.6 Å². The molecule has 24 heavy (non-hydrogen) atoms. The Morgan fingerprint density at radius 1 is 1.38 bits per heavy atom. The Morgan fingerprint density at radius 2 is 2.21 bits per heavy atom. The van der Waals surface area contributed by atoms with Gasteiger partial charge in [0, 0.05) is 55.3 Å². The van der Waals surface area contributed by atoms with Crippen LogP contribution in [0.1, 0.15) is 11.3 Å². The third kappa shape index (κ3) is 2.54. The molecule has 1 aromatic heterocycles. The van der Waals surface area contributed by atoms with Gasteiger partial charge in [0.25, 0.3) is 0 Å². The fourth-order valence-corrected chi connectivity index (χ4v) is 3.49. The van der Waals surface area contributed by atoms with Crippen LogP contribution in [-0.4, -0.2) is 53.7 Å². The Kier molecular flexibility index (Phi) is 3.53. The summed E-state index contributed by atoms with van der Waals surface area (Å²) >= 11 is 0. The molecule has 0 radical (unpaired) electrons. The monoisotopic (exact) mass is 331 g/mol. The number of hydrogen-bond acceptors (Lipinski definition) is 4. The van der Waals surface area contributed by atoms with Gasteiger partial charge in [-0.2, -0.15) is 0 Å². The number of benzene rings is 1. The van der Waals surface area contributed by atoms with Crippen molar-refractivity contribution in [2.75, 3.05) is 26.7 Å². The van der Waals surface area contributed by atoms with Crippen molar-refractivity contribution in [3.8, 4) is 0 Å². The number of aromatic amines is 1. The molecule has 0 aliphatic carbocycles. The third-order valence-electron chi connectivity index (χ3n) is 4.73. The Balaban J connectivity index is 1.60. The van der Waals surface area contributed by atoms with Crippen LogP contribution >= 0.6 is 0 Å². The van der Waals surface area contributed by atoms with E-state index < -0.39 is 5.82 Å². The van der Waals surface area contributed by atoms with Gasteiger partial charge in [-0.05, 0) is 18.2 Å². The number of carbonyl (C=O) groups is 1. The lowest BCUT2D eigenvalue weighted by atomic mass is 10.0. The maximum Gasteiger partial charge on any atom is 0.410 e. The molecule has 1 atom stereocenters. The predicted octanol–water partition coefficient (Wildman–Crippen LogP) is 1.48. The van der Waals surface area contributed by atoms with Crippen molar-refractivity contribution in [2.24, 2.45) is 0 Å². The van der Waals surface area contributed by atoms with E-state index >= 15 is 0 Å². The van der Waals surface area contributed by atoms with Crippen LogP contribution in [0.3, 0.4) is 0 Å². The van der Waals surface area contributed by atoms with Crippen LogP contribution in [0.4, 0.5) is 9.18 Å². The average molecular weight is 331 g/mol. The van der Waals surface area contributed by atoms with Crippen molar-refractivity contribution in [2.45, 2.75) is 19.1 Å². The zero-order chi connectivity index (χ0) is 16.8. The summed E-state index contributed by atoms with van der Waals surface area (Å²) in [6, 6.07) is 4.23. The molecule has 1 saturated heterocycles. The standard InChI is InChI=1S/C17H18FN3O3/c1-20-7-11(24-17(20)23)8-21-5-4-15-13(9-21)16(22)12-6-10(18)2-3-14(12)19-15/h2-3,6,11H,4-5,7-9H2,1H3,(H,19,22). The molecule has 1 aromatic carbocycles. The summed E-state index contributed by atoms with van der Waals surface area (Å²) in [7, 11) is 1.71. The number of pyridine rings is 1. The van der Waals surface area contributed by atoms with E-state index in [1.54, 1.807) is 18.0 Å². The second kappa shape index (κ2) is 5.59. The van der Waals surface area contributed by atoms with Crippen LogP contribution in [-0.2, 0) is 17.7 Å². The number of halogens is 1. The Labute approximate surface area is 137 Å². The van der Waals surface area contributed by atoms with Crippen LogP contribution in [0, 0.1) is 5.82 Å². The molecule has 126 valence electrons. The molecule has 0 saturated carbocycles. The normalized spacial score (nSPS) is 21.2. The first kappa shape index (κ1) is 15.1. The molecule has 2 aliphatic heterocycles. The van der Waals surface area contributed by atoms with Crippen molar-refractivity contribution < 1.29 is 13.9 Å². The van der Waals surface area contributed by atoms with Gasteiger partial charge in [0.1, 0.15) is 11.9 Å². The van der Waals surface area contributed by atoms with Gasteiger partial charge in [-0.25, -0.2) is 9.18 Å².